The molecule has 2 aromatic rings. The Morgan fingerprint density at radius 1 is 0.696 bits per heavy atom. The third-order valence-corrected chi connectivity index (χ3v) is 4.33. The molecule has 23 heavy (non-hydrogen) atoms. The summed E-state index contributed by atoms with van der Waals surface area (Å²) in [5.41, 5.74) is 2.67. The van der Waals surface area contributed by atoms with Crippen LogP contribution in [0.1, 0.15) is 11.1 Å². The van der Waals surface area contributed by atoms with Crippen LogP contribution in [0.15, 0.2) is 54.6 Å². The van der Waals surface area contributed by atoms with Crippen molar-refractivity contribution in [2.45, 2.75) is 13.1 Å². The minimum absolute atomic E-state index is 0. The molecule has 0 amide bonds. The van der Waals surface area contributed by atoms with Crippen LogP contribution in [-0.2, 0) is 13.1 Å². The summed E-state index contributed by atoms with van der Waals surface area (Å²) >= 11 is 0. The summed E-state index contributed by atoms with van der Waals surface area (Å²) in [5.74, 6) is 0.375. The number of aromatic hydroxyl groups is 1. The van der Waals surface area contributed by atoms with E-state index in [1.54, 1.807) is 15.9 Å². The summed E-state index contributed by atoms with van der Waals surface area (Å²) in [6.07, 6.45) is 0. The van der Waals surface area contributed by atoms with Crippen molar-refractivity contribution < 1.29 is 39.7 Å². The second-order valence-corrected chi connectivity index (χ2v) is 6.01. The van der Waals surface area contributed by atoms with Crippen molar-refractivity contribution in [1.82, 2.24) is 0 Å². The zero-order valence-electron chi connectivity index (χ0n) is 13.1. The van der Waals surface area contributed by atoms with Crippen molar-refractivity contribution in [3.63, 3.8) is 0 Å². The van der Waals surface area contributed by atoms with Crippen molar-refractivity contribution in [1.29, 1.82) is 0 Å². The molecule has 3 nitrogen and oxygen atoms in total. The smallest absolute Gasteiger partial charge is 0.127 e. The van der Waals surface area contributed by atoms with E-state index in [-0.39, 0.29) is 24.8 Å². The number of hydrogen-bond donors (Lipinski definition) is 3. The molecule has 1 aliphatic heterocycles. The standard InChI is InChI=1S/C18H22N2O.2ClH/c21-18-8-4-7-17(13-18)15-20-11-9-19(10-12-20)14-16-5-2-1-3-6-16;;/h1-8,13,21H,9-12,14-15H2;2*1H. The summed E-state index contributed by atoms with van der Waals surface area (Å²) in [4.78, 5) is 3.30. The van der Waals surface area contributed by atoms with Gasteiger partial charge < -0.3 is 39.7 Å². The summed E-state index contributed by atoms with van der Waals surface area (Å²) < 4.78 is 0. The Morgan fingerprint density at radius 2 is 1.22 bits per heavy atom. The highest BCUT2D eigenvalue weighted by molar-refractivity contribution is 5.26. The lowest BCUT2D eigenvalue weighted by Gasteiger charge is -2.29. The molecule has 5 heteroatoms. The molecule has 0 spiro atoms. The fraction of sp³-hybridized carbons (Fsp3) is 0.333. The minimum Gasteiger partial charge on any atom is -1.00 e. The Labute approximate surface area is 150 Å². The largest absolute Gasteiger partial charge is 1.00 e. The quantitative estimate of drug-likeness (QED) is 0.501. The van der Waals surface area contributed by atoms with Gasteiger partial charge in [0, 0.05) is 11.1 Å². The Hall–Kier alpha value is -1.26. The SMILES string of the molecule is Oc1cccc(C[NH+]2CC[NH+](Cc3ccccc3)CC2)c1.[Cl-].[Cl-]. The van der Waals surface area contributed by atoms with Gasteiger partial charge in [0.1, 0.15) is 45.0 Å². The predicted molar refractivity (Wildman–Crippen MR) is 83.4 cm³/mol. The molecule has 0 unspecified atom stereocenters. The van der Waals surface area contributed by atoms with E-state index in [0.717, 1.165) is 13.1 Å². The van der Waals surface area contributed by atoms with E-state index in [2.05, 4.69) is 36.4 Å². The number of nitrogens with one attached hydrogen (secondary N) is 2. The molecule has 0 saturated carbocycles. The van der Waals surface area contributed by atoms with E-state index in [1.807, 2.05) is 12.1 Å². The van der Waals surface area contributed by atoms with E-state index < -0.39 is 0 Å². The Balaban J connectivity index is 0.00000132. The summed E-state index contributed by atoms with van der Waals surface area (Å²) in [7, 11) is 0. The molecule has 1 aliphatic rings. The maximum Gasteiger partial charge on any atom is 0.127 e. The third-order valence-electron chi connectivity index (χ3n) is 4.33. The molecule has 126 valence electrons. The van der Waals surface area contributed by atoms with Gasteiger partial charge in [-0.3, -0.25) is 0 Å². The lowest BCUT2D eigenvalue weighted by molar-refractivity contribution is -1.02. The van der Waals surface area contributed by atoms with Crippen LogP contribution in [0.4, 0.5) is 0 Å². The van der Waals surface area contributed by atoms with Gasteiger partial charge in [0.25, 0.3) is 0 Å². The second-order valence-electron chi connectivity index (χ2n) is 6.01. The summed E-state index contributed by atoms with van der Waals surface area (Å²) in [5, 5.41) is 9.54. The van der Waals surface area contributed by atoms with Crippen LogP contribution in [0.25, 0.3) is 0 Å². The lowest BCUT2D eigenvalue weighted by atomic mass is 10.1. The molecule has 1 saturated heterocycles. The van der Waals surface area contributed by atoms with Crippen molar-refractivity contribution in [2.75, 3.05) is 26.2 Å². The molecule has 0 aromatic heterocycles. The van der Waals surface area contributed by atoms with Crippen molar-refractivity contribution >= 4 is 0 Å². The number of phenolic OH excluding ortho intramolecular Hbond substituents is 1. The molecule has 3 N–H and O–H groups in total. The van der Waals surface area contributed by atoms with Crippen LogP contribution < -0.4 is 34.6 Å². The number of phenols is 1. The lowest BCUT2D eigenvalue weighted by Crippen LogP contribution is -3.27. The van der Waals surface area contributed by atoms with Gasteiger partial charge in [-0.1, -0.05) is 42.5 Å². The minimum atomic E-state index is 0. The molecule has 2 aromatic carbocycles. The van der Waals surface area contributed by atoms with Gasteiger partial charge in [-0.2, -0.15) is 0 Å². The zero-order chi connectivity index (χ0) is 14.5. The Morgan fingerprint density at radius 3 is 1.78 bits per heavy atom. The first-order chi connectivity index (χ1) is 10.3. The number of quaternary nitrogens is 2. The van der Waals surface area contributed by atoms with Crippen LogP contribution in [0.3, 0.4) is 0 Å². The van der Waals surface area contributed by atoms with Gasteiger partial charge in [0.05, 0.1) is 0 Å². The van der Waals surface area contributed by atoms with Gasteiger partial charge in [0.15, 0.2) is 0 Å². The molecule has 0 bridgehead atoms. The van der Waals surface area contributed by atoms with E-state index in [1.165, 1.54) is 37.3 Å². The number of halogens is 2. The first-order valence-corrected chi connectivity index (χ1v) is 7.78. The summed E-state index contributed by atoms with van der Waals surface area (Å²) in [6.45, 7) is 7.02. The normalized spacial score (nSPS) is 20.2. The highest BCUT2D eigenvalue weighted by atomic mass is 35.5. The van der Waals surface area contributed by atoms with E-state index in [4.69, 9.17) is 0 Å². The topological polar surface area (TPSA) is 29.1 Å². The highest BCUT2D eigenvalue weighted by Gasteiger charge is 2.22. The van der Waals surface area contributed by atoms with Crippen molar-refractivity contribution in [3.05, 3.63) is 65.7 Å². The van der Waals surface area contributed by atoms with E-state index in [0.29, 0.717) is 5.75 Å². The van der Waals surface area contributed by atoms with Gasteiger partial charge in [-0.25, -0.2) is 0 Å². The average Bonchev–Trinajstić information content (AvgIpc) is 2.50. The average molecular weight is 355 g/mol. The Kier molecular flexibility index (Phi) is 8.42. The molecular weight excluding hydrogens is 331 g/mol. The first kappa shape index (κ1) is 19.8. The summed E-state index contributed by atoms with van der Waals surface area (Å²) in [6, 6.07) is 18.4. The maximum absolute atomic E-state index is 9.54. The second kappa shape index (κ2) is 9.78. The fourth-order valence-corrected chi connectivity index (χ4v) is 3.15. The number of piperazine rings is 1. The van der Waals surface area contributed by atoms with Crippen LogP contribution in [-0.4, -0.2) is 31.3 Å². The highest BCUT2D eigenvalue weighted by Crippen LogP contribution is 2.09. The van der Waals surface area contributed by atoms with E-state index in [9.17, 15) is 5.11 Å². The van der Waals surface area contributed by atoms with E-state index >= 15 is 0 Å². The van der Waals surface area contributed by atoms with Crippen molar-refractivity contribution in [2.24, 2.45) is 0 Å². The van der Waals surface area contributed by atoms with Gasteiger partial charge >= 0.3 is 0 Å². The van der Waals surface area contributed by atoms with Crippen LogP contribution in [0.2, 0.25) is 0 Å². The van der Waals surface area contributed by atoms with Gasteiger partial charge in [-0.15, -0.1) is 0 Å². The Bertz CT molecular complexity index is 572. The predicted octanol–water partition coefficient (Wildman–Crippen LogP) is -6.12. The van der Waals surface area contributed by atoms with Gasteiger partial charge in [0.2, 0.25) is 0 Å². The molecular formula is C18H24Cl2N2O. The first-order valence-electron chi connectivity index (χ1n) is 7.78. The van der Waals surface area contributed by atoms with Gasteiger partial charge in [-0.05, 0) is 12.1 Å². The van der Waals surface area contributed by atoms with Crippen LogP contribution >= 0.6 is 0 Å². The number of rotatable bonds is 4. The monoisotopic (exact) mass is 354 g/mol. The molecule has 1 fully saturated rings. The third kappa shape index (κ3) is 6.04. The molecule has 1 heterocycles. The number of benzene rings is 2. The number of hydrogen-bond acceptors (Lipinski definition) is 1. The zero-order valence-corrected chi connectivity index (χ0v) is 14.7. The fourth-order valence-electron chi connectivity index (χ4n) is 3.15. The van der Waals surface area contributed by atoms with Crippen LogP contribution in [0.5, 0.6) is 5.75 Å². The maximum atomic E-state index is 9.54. The van der Waals surface area contributed by atoms with Crippen molar-refractivity contribution in [3.8, 4) is 5.75 Å². The molecule has 0 aliphatic carbocycles. The van der Waals surface area contributed by atoms with Crippen LogP contribution in [0, 0.1) is 0 Å². The molecule has 3 rings (SSSR count). The molecule has 0 radical (unpaired) electrons. The molecule has 0 atom stereocenters.